The molecule has 1 aliphatic heterocycles. The lowest BCUT2D eigenvalue weighted by molar-refractivity contribution is -0.128. The Morgan fingerprint density at radius 3 is 2.50 bits per heavy atom. The van der Waals surface area contributed by atoms with Gasteiger partial charge in [-0.15, -0.1) is 0 Å². The molecule has 0 bridgehead atoms. The minimum Gasteiger partial charge on any atom is -0.299 e. The van der Waals surface area contributed by atoms with Crippen LogP contribution in [0.5, 0.6) is 0 Å². The molecule has 0 spiro atoms. The molecule has 1 unspecified atom stereocenters. The van der Waals surface area contributed by atoms with E-state index >= 15 is 0 Å². The SMILES string of the molecule is CN1CCN(C(C(=O)NN)c2ccccc2)CC1(C)C. The Morgan fingerprint density at radius 1 is 1.30 bits per heavy atom. The smallest absolute Gasteiger partial charge is 0.255 e. The molecular formula is C15H24N4O. The number of nitrogens with one attached hydrogen (secondary N) is 1. The van der Waals surface area contributed by atoms with Crippen LogP contribution in [0, 0.1) is 0 Å². The number of benzene rings is 1. The largest absolute Gasteiger partial charge is 0.299 e. The summed E-state index contributed by atoms with van der Waals surface area (Å²) >= 11 is 0. The highest BCUT2D eigenvalue weighted by molar-refractivity contribution is 5.82. The van der Waals surface area contributed by atoms with Gasteiger partial charge in [0.1, 0.15) is 6.04 Å². The van der Waals surface area contributed by atoms with Crippen molar-refractivity contribution in [1.82, 2.24) is 15.2 Å². The minimum atomic E-state index is -0.325. The average molecular weight is 276 g/mol. The number of piperazine rings is 1. The molecule has 0 aliphatic carbocycles. The van der Waals surface area contributed by atoms with Crippen LogP contribution in [0.25, 0.3) is 0 Å². The Morgan fingerprint density at radius 2 is 1.95 bits per heavy atom. The molecule has 20 heavy (non-hydrogen) atoms. The van der Waals surface area contributed by atoms with Crippen LogP contribution in [0.2, 0.25) is 0 Å². The molecule has 0 radical (unpaired) electrons. The van der Waals surface area contributed by atoms with Crippen LogP contribution in [0.4, 0.5) is 0 Å². The number of nitrogens with two attached hydrogens (primary N) is 1. The second-order valence-electron chi connectivity index (χ2n) is 6.03. The fourth-order valence-corrected chi connectivity index (χ4v) is 2.74. The van der Waals surface area contributed by atoms with Crippen LogP contribution in [-0.4, -0.2) is 47.9 Å². The zero-order chi connectivity index (χ0) is 14.8. The second kappa shape index (κ2) is 5.91. The molecule has 1 saturated heterocycles. The van der Waals surface area contributed by atoms with Crippen molar-refractivity contribution in [3.05, 3.63) is 35.9 Å². The fraction of sp³-hybridized carbons (Fsp3) is 0.533. The van der Waals surface area contributed by atoms with E-state index in [0.717, 1.165) is 25.2 Å². The molecule has 1 aromatic carbocycles. The molecule has 1 aliphatic rings. The molecule has 1 heterocycles. The van der Waals surface area contributed by atoms with Crippen molar-refractivity contribution >= 4 is 5.91 Å². The van der Waals surface area contributed by atoms with Crippen LogP contribution in [-0.2, 0) is 4.79 Å². The predicted octanol–water partition coefficient (Wildman–Crippen LogP) is 0.744. The van der Waals surface area contributed by atoms with E-state index in [2.05, 4.69) is 36.1 Å². The molecule has 1 aromatic rings. The summed E-state index contributed by atoms with van der Waals surface area (Å²) in [6, 6.07) is 9.49. The number of amides is 1. The summed E-state index contributed by atoms with van der Waals surface area (Å²) in [7, 11) is 2.12. The first-order chi connectivity index (χ1) is 9.45. The van der Waals surface area contributed by atoms with Gasteiger partial charge in [-0.2, -0.15) is 0 Å². The molecule has 1 atom stereocenters. The van der Waals surface area contributed by atoms with Gasteiger partial charge in [-0.1, -0.05) is 30.3 Å². The Kier molecular flexibility index (Phi) is 4.42. The van der Waals surface area contributed by atoms with Gasteiger partial charge < -0.3 is 0 Å². The normalized spacial score (nSPS) is 21.4. The zero-order valence-corrected chi connectivity index (χ0v) is 12.5. The summed E-state index contributed by atoms with van der Waals surface area (Å²) in [4.78, 5) is 16.7. The zero-order valence-electron chi connectivity index (χ0n) is 12.5. The molecule has 0 aromatic heterocycles. The molecule has 110 valence electrons. The number of carbonyl (C=O) groups excluding carboxylic acids is 1. The van der Waals surface area contributed by atoms with Crippen molar-refractivity contribution in [2.45, 2.75) is 25.4 Å². The van der Waals surface area contributed by atoms with Crippen molar-refractivity contribution in [3.8, 4) is 0 Å². The lowest BCUT2D eigenvalue weighted by Gasteiger charge is -2.47. The van der Waals surface area contributed by atoms with E-state index in [4.69, 9.17) is 5.84 Å². The van der Waals surface area contributed by atoms with Gasteiger partial charge in [-0.05, 0) is 26.5 Å². The Balaban J connectivity index is 2.27. The number of hydrogen-bond acceptors (Lipinski definition) is 4. The third kappa shape index (κ3) is 3.00. The van der Waals surface area contributed by atoms with Crippen LogP contribution < -0.4 is 11.3 Å². The van der Waals surface area contributed by atoms with E-state index in [-0.39, 0.29) is 17.5 Å². The number of nitrogens with zero attached hydrogens (tertiary/aromatic N) is 2. The van der Waals surface area contributed by atoms with E-state index in [9.17, 15) is 4.79 Å². The molecule has 5 heteroatoms. The summed E-state index contributed by atoms with van der Waals surface area (Å²) in [5.41, 5.74) is 3.33. The van der Waals surface area contributed by atoms with Gasteiger partial charge in [0, 0.05) is 25.2 Å². The lowest BCUT2D eigenvalue weighted by Crippen LogP contribution is -2.59. The molecule has 2 rings (SSSR count). The third-order valence-corrected chi connectivity index (χ3v) is 4.22. The monoisotopic (exact) mass is 276 g/mol. The summed E-state index contributed by atoms with van der Waals surface area (Å²) in [6.07, 6.45) is 0. The second-order valence-corrected chi connectivity index (χ2v) is 6.03. The highest BCUT2D eigenvalue weighted by atomic mass is 16.2. The first-order valence-corrected chi connectivity index (χ1v) is 6.96. The maximum absolute atomic E-state index is 12.2. The third-order valence-electron chi connectivity index (χ3n) is 4.22. The van der Waals surface area contributed by atoms with Crippen LogP contribution in [0.1, 0.15) is 25.5 Å². The standard InChI is InChI=1S/C15H24N4O/c1-15(2)11-19(10-9-18(15)3)13(14(20)17-16)12-7-5-4-6-8-12/h4-8,13H,9-11,16H2,1-3H3,(H,17,20). The summed E-state index contributed by atoms with van der Waals surface area (Å²) in [5, 5.41) is 0. The molecule has 0 saturated carbocycles. The van der Waals surface area contributed by atoms with Crippen LogP contribution >= 0.6 is 0 Å². The Bertz CT molecular complexity index is 460. The van der Waals surface area contributed by atoms with Gasteiger partial charge >= 0.3 is 0 Å². The van der Waals surface area contributed by atoms with Crippen molar-refractivity contribution < 1.29 is 4.79 Å². The van der Waals surface area contributed by atoms with E-state index in [1.807, 2.05) is 30.3 Å². The molecule has 1 amide bonds. The van der Waals surface area contributed by atoms with E-state index in [1.165, 1.54) is 0 Å². The highest BCUT2D eigenvalue weighted by Gasteiger charge is 2.37. The van der Waals surface area contributed by atoms with Crippen molar-refractivity contribution in [2.75, 3.05) is 26.7 Å². The predicted molar refractivity (Wildman–Crippen MR) is 79.8 cm³/mol. The summed E-state index contributed by atoms with van der Waals surface area (Å²) in [5.74, 6) is 5.22. The van der Waals surface area contributed by atoms with Crippen molar-refractivity contribution in [3.63, 3.8) is 0 Å². The average Bonchev–Trinajstić information content (AvgIpc) is 2.43. The van der Waals surface area contributed by atoms with Gasteiger partial charge in [0.05, 0.1) is 0 Å². The first-order valence-electron chi connectivity index (χ1n) is 6.96. The van der Waals surface area contributed by atoms with Gasteiger partial charge in [0.2, 0.25) is 0 Å². The fourth-order valence-electron chi connectivity index (χ4n) is 2.74. The van der Waals surface area contributed by atoms with Crippen molar-refractivity contribution in [2.24, 2.45) is 5.84 Å². The number of likely N-dealkylation sites (N-methyl/N-ethyl adjacent to an activating group) is 1. The molecule has 3 N–H and O–H groups in total. The first kappa shape index (κ1) is 15.0. The van der Waals surface area contributed by atoms with Gasteiger partial charge in [-0.3, -0.25) is 20.0 Å². The van der Waals surface area contributed by atoms with E-state index < -0.39 is 0 Å². The lowest BCUT2D eigenvalue weighted by atomic mass is 9.96. The summed E-state index contributed by atoms with van der Waals surface area (Å²) < 4.78 is 0. The number of carbonyl (C=O) groups is 1. The molecule has 1 fully saturated rings. The topological polar surface area (TPSA) is 61.6 Å². The highest BCUT2D eigenvalue weighted by Crippen LogP contribution is 2.27. The van der Waals surface area contributed by atoms with Crippen LogP contribution in [0.3, 0.4) is 0 Å². The Labute approximate surface area is 120 Å². The van der Waals surface area contributed by atoms with Gasteiger partial charge in [0.15, 0.2) is 0 Å². The maximum atomic E-state index is 12.2. The van der Waals surface area contributed by atoms with Gasteiger partial charge in [0.25, 0.3) is 5.91 Å². The molecule has 5 nitrogen and oxygen atoms in total. The van der Waals surface area contributed by atoms with Crippen molar-refractivity contribution in [1.29, 1.82) is 0 Å². The minimum absolute atomic E-state index is 0.0418. The van der Waals surface area contributed by atoms with Crippen LogP contribution in [0.15, 0.2) is 30.3 Å². The quantitative estimate of drug-likeness (QED) is 0.486. The number of hydrazine groups is 1. The Hall–Kier alpha value is -1.43. The summed E-state index contributed by atoms with van der Waals surface area (Å²) in [6.45, 7) is 7.01. The van der Waals surface area contributed by atoms with Gasteiger partial charge in [-0.25, -0.2) is 5.84 Å². The maximum Gasteiger partial charge on any atom is 0.255 e. The van der Waals surface area contributed by atoms with E-state index in [0.29, 0.717) is 0 Å². The number of hydrogen-bond donors (Lipinski definition) is 2. The molecular weight excluding hydrogens is 252 g/mol. The number of rotatable bonds is 3. The van der Waals surface area contributed by atoms with E-state index in [1.54, 1.807) is 0 Å².